The molecule has 138 valence electrons. The zero-order valence-electron chi connectivity index (χ0n) is 16.3. The summed E-state index contributed by atoms with van der Waals surface area (Å²) in [6.45, 7) is 4.32. The molecule has 0 aromatic heterocycles. The van der Waals surface area contributed by atoms with Gasteiger partial charge >= 0.3 is 0 Å². The molecule has 0 N–H and O–H groups in total. The van der Waals surface area contributed by atoms with E-state index in [0.29, 0.717) is 11.1 Å². The lowest BCUT2D eigenvalue weighted by atomic mass is 9.82. The van der Waals surface area contributed by atoms with Crippen molar-refractivity contribution in [2.75, 3.05) is 16.8 Å². The number of fused-ring (bicyclic) bond motifs is 1. The Balaban J connectivity index is 1.88. The van der Waals surface area contributed by atoms with Gasteiger partial charge in [-0.2, -0.15) is 10.5 Å². The smallest absolute Gasteiger partial charge is 0.103 e. The van der Waals surface area contributed by atoms with Crippen molar-refractivity contribution in [3.05, 3.63) is 83.0 Å². The fourth-order valence-electron chi connectivity index (χ4n) is 4.48. The molecule has 1 heterocycles. The molecule has 1 aliphatic carbocycles. The molecule has 0 radical (unpaired) electrons. The summed E-state index contributed by atoms with van der Waals surface area (Å²) in [4.78, 5) is 4.51. The van der Waals surface area contributed by atoms with Crippen LogP contribution < -0.4 is 9.80 Å². The number of benzene rings is 2. The summed E-state index contributed by atoms with van der Waals surface area (Å²) < 4.78 is 0. The minimum atomic E-state index is 0.0714. The van der Waals surface area contributed by atoms with Crippen LogP contribution in [0.4, 0.5) is 11.4 Å². The van der Waals surface area contributed by atoms with Gasteiger partial charge in [0.15, 0.2) is 0 Å². The highest BCUT2D eigenvalue weighted by Gasteiger charge is 2.41. The molecular formula is C24H22N4. The minimum Gasteiger partial charge on any atom is -0.352 e. The molecule has 2 aromatic rings. The van der Waals surface area contributed by atoms with Gasteiger partial charge in [-0.05, 0) is 31.5 Å². The van der Waals surface area contributed by atoms with E-state index in [9.17, 15) is 10.5 Å². The van der Waals surface area contributed by atoms with Crippen LogP contribution in [-0.2, 0) is 0 Å². The maximum absolute atomic E-state index is 9.73. The van der Waals surface area contributed by atoms with E-state index in [4.69, 9.17) is 0 Å². The van der Waals surface area contributed by atoms with E-state index in [1.54, 1.807) is 6.07 Å². The number of hydrogen-bond acceptors (Lipinski definition) is 4. The van der Waals surface area contributed by atoms with Gasteiger partial charge in [-0.1, -0.05) is 54.1 Å². The van der Waals surface area contributed by atoms with Gasteiger partial charge in [0.25, 0.3) is 0 Å². The molecule has 0 saturated carbocycles. The van der Waals surface area contributed by atoms with Gasteiger partial charge in [-0.25, -0.2) is 0 Å². The average Bonchev–Trinajstić information content (AvgIpc) is 2.98. The molecule has 4 heteroatoms. The molecule has 2 unspecified atom stereocenters. The van der Waals surface area contributed by atoms with E-state index in [1.165, 1.54) is 11.1 Å². The third-order valence-corrected chi connectivity index (χ3v) is 5.95. The van der Waals surface area contributed by atoms with E-state index in [2.05, 4.69) is 78.3 Å². The van der Waals surface area contributed by atoms with E-state index in [0.717, 1.165) is 11.4 Å². The topological polar surface area (TPSA) is 54.1 Å². The predicted molar refractivity (Wildman–Crippen MR) is 112 cm³/mol. The van der Waals surface area contributed by atoms with Gasteiger partial charge in [0.1, 0.15) is 12.1 Å². The van der Waals surface area contributed by atoms with Crippen LogP contribution in [0.5, 0.6) is 0 Å². The summed E-state index contributed by atoms with van der Waals surface area (Å²) >= 11 is 0. The first-order chi connectivity index (χ1) is 13.6. The van der Waals surface area contributed by atoms with Gasteiger partial charge in [-0.15, -0.1) is 0 Å². The van der Waals surface area contributed by atoms with Crippen LogP contribution in [0, 0.1) is 22.7 Å². The number of rotatable bonds is 2. The Hall–Kier alpha value is -3.50. The molecule has 2 aromatic carbocycles. The molecule has 2 aliphatic rings. The maximum Gasteiger partial charge on any atom is 0.103 e. The zero-order chi connectivity index (χ0) is 19.8. The molecule has 0 amide bonds. The SMILES string of the molecule is CC1=CC=CC(c2ccccc2)C1N1c2ccc(C#N)c(C#N)c2N(C)[C@@H]1C. The number of nitrogens with zero attached hydrogens (tertiary/aromatic N) is 4. The summed E-state index contributed by atoms with van der Waals surface area (Å²) in [7, 11) is 2.00. The molecule has 0 fully saturated rings. The maximum atomic E-state index is 9.73. The van der Waals surface area contributed by atoms with E-state index in [1.807, 2.05) is 19.2 Å². The lowest BCUT2D eigenvalue weighted by Gasteiger charge is -2.41. The van der Waals surface area contributed by atoms with Crippen molar-refractivity contribution >= 4 is 11.4 Å². The van der Waals surface area contributed by atoms with Gasteiger partial charge in [0.05, 0.1) is 34.7 Å². The Labute approximate surface area is 166 Å². The number of hydrogen-bond donors (Lipinski definition) is 0. The van der Waals surface area contributed by atoms with Crippen LogP contribution in [0.15, 0.2) is 66.3 Å². The first kappa shape index (κ1) is 17.9. The van der Waals surface area contributed by atoms with Crippen LogP contribution >= 0.6 is 0 Å². The third kappa shape index (κ3) is 2.58. The Kier molecular flexibility index (Phi) is 4.41. The van der Waals surface area contributed by atoms with Crippen LogP contribution in [0.1, 0.15) is 36.5 Å². The molecule has 0 bridgehead atoms. The molecule has 28 heavy (non-hydrogen) atoms. The van der Waals surface area contributed by atoms with E-state index >= 15 is 0 Å². The van der Waals surface area contributed by atoms with Crippen molar-refractivity contribution in [3.8, 4) is 12.1 Å². The average molecular weight is 366 g/mol. The number of allylic oxidation sites excluding steroid dienone is 2. The van der Waals surface area contributed by atoms with Gasteiger partial charge in [-0.3, -0.25) is 0 Å². The van der Waals surface area contributed by atoms with Crippen molar-refractivity contribution in [2.24, 2.45) is 0 Å². The second kappa shape index (κ2) is 6.91. The first-order valence-electron chi connectivity index (χ1n) is 9.46. The summed E-state index contributed by atoms with van der Waals surface area (Å²) in [5.41, 5.74) is 5.31. The van der Waals surface area contributed by atoms with Crippen LogP contribution in [0.2, 0.25) is 0 Å². The highest BCUT2D eigenvalue weighted by Crippen LogP contribution is 2.47. The molecule has 0 spiro atoms. The minimum absolute atomic E-state index is 0.0714. The second-order valence-corrected chi connectivity index (χ2v) is 7.41. The van der Waals surface area contributed by atoms with Crippen LogP contribution in [0.3, 0.4) is 0 Å². The van der Waals surface area contributed by atoms with Gasteiger partial charge < -0.3 is 9.80 Å². The fourth-order valence-corrected chi connectivity index (χ4v) is 4.48. The molecule has 4 nitrogen and oxygen atoms in total. The molecular weight excluding hydrogens is 344 g/mol. The molecule has 0 saturated heterocycles. The molecule has 3 atom stereocenters. The number of anilines is 2. The Morgan fingerprint density at radius 3 is 2.43 bits per heavy atom. The van der Waals surface area contributed by atoms with E-state index in [-0.39, 0.29) is 18.1 Å². The van der Waals surface area contributed by atoms with Crippen molar-refractivity contribution in [1.82, 2.24) is 0 Å². The zero-order valence-corrected chi connectivity index (χ0v) is 16.3. The van der Waals surface area contributed by atoms with Gasteiger partial charge in [0, 0.05) is 13.0 Å². The second-order valence-electron chi connectivity index (χ2n) is 7.41. The fraction of sp³-hybridized carbons (Fsp3) is 0.250. The Bertz CT molecular complexity index is 1050. The highest BCUT2D eigenvalue weighted by atomic mass is 15.4. The Morgan fingerprint density at radius 1 is 1.00 bits per heavy atom. The normalized spacial score (nSPS) is 23.0. The lowest BCUT2D eigenvalue weighted by Crippen LogP contribution is -2.48. The summed E-state index contributed by atoms with van der Waals surface area (Å²) in [5.74, 6) is 0.217. The predicted octanol–water partition coefficient (Wildman–Crippen LogP) is 4.70. The lowest BCUT2D eigenvalue weighted by molar-refractivity contribution is 0.544. The van der Waals surface area contributed by atoms with Crippen molar-refractivity contribution in [3.63, 3.8) is 0 Å². The monoisotopic (exact) mass is 366 g/mol. The first-order valence-corrected chi connectivity index (χ1v) is 9.46. The molecule has 4 rings (SSSR count). The van der Waals surface area contributed by atoms with Crippen molar-refractivity contribution < 1.29 is 0 Å². The largest absolute Gasteiger partial charge is 0.352 e. The summed E-state index contributed by atoms with van der Waals surface area (Å²) in [6.07, 6.45) is 6.63. The van der Waals surface area contributed by atoms with Crippen molar-refractivity contribution in [1.29, 1.82) is 10.5 Å². The number of nitriles is 2. The summed E-state index contributed by atoms with van der Waals surface area (Å²) in [5, 5.41) is 19.2. The Morgan fingerprint density at radius 2 is 1.75 bits per heavy atom. The highest BCUT2D eigenvalue weighted by molar-refractivity contribution is 5.85. The van der Waals surface area contributed by atoms with Crippen LogP contribution in [-0.4, -0.2) is 19.3 Å². The summed E-state index contributed by atoms with van der Waals surface area (Å²) in [6, 6.07) is 18.9. The van der Waals surface area contributed by atoms with E-state index < -0.39 is 0 Å². The standard InChI is InChI=1S/C24H22N4/c1-16-8-7-11-20(18-9-5-4-6-10-18)23(16)28-17(2)27(3)24-21(15-26)19(14-25)12-13-22(24)28/h4-13,17,20,23H,1-3H3/t17-,20?,23?/m0/s1. The van der Waals surface area contributed by atoms with Crippen molar-refractivity contribution in [2.45, 2.75) is 32.0 Å². The van der Waals surface area contributed by atoms with Crippen LogP contribution in [0.25, 0.3) is 0 Å². The third-order valence-electron chi connectivity index (χ3n) is 5.95. The quantitative estimate of drug-likeness (QED) is 0.773. The van der Waals surface area contributed by atoms with Gasteiger partial charge in [0.2, 0.25) is 0 Å². The molecule has 1 aliphatic heterocycles.